The number of fused-ring (bicyclic) bond motifs is 3. The highest BCUT2D eigenvalue weighted by Crippen LogP contribution is 2.53. The summed E-state index contributed by atoms with van der Waals surface area (Å²) in [7, 11) is 1.71. The minimum absolute atomic E-state index is 0.00285. The van der Waals surface area contributed by atoms with Crippen molar-refractivity contribution in [2.24, 2.45) is 0 Å². The van der Waals surface area contributed by atoms with Gasteiger partial charge in [-0.15, -0.1) is 0 Å². The SMILES string of the molecule is Bc1c(C)c(O)c(Br)c2c1oc1c(O)c(O)c(O)c(O)c12. The molecule has 0 bridgehead atoms. The molecule has 0 radical (unpaired) electrons. The van der Waals surface area contributed by atoms with E-state index in [1.54, 1.807) is 14.8 Å². The number of benzene rings is 2. The number of halogens is 1. The highest BCUT2D eigenvalue weighted by Gasteiger charge is 2.27. The first-order valence-corrected chi connectivity index (χ1v) is 6.76. The Hall–Kier alpha value is -2.22. The zero-order chi connectivity index (χ0) is 15.6. The predicted octanol–water partition coefficient (Wildman–Crippen LogP) is 1.44. The van der Waals surface area contributed by atoms with Crippen molar-refractivity contribution >= 4 is 51.2 Å². The van der Waals surface area contributed by atoms with E-state index in [1.807, 2.05) is 0 Å². The quantitative estimate of drug-likeness (QED) is 0.237. The smallest absolute Gasteiger partial charge is 0.208 e. The average molecular weight is 353 g/mol. The summed E-state index contributed by atoms with van der Waals surface area (Å²) in [5.74, 6) is -3.07. The Morgan fingerprint density at radius 3 is 2.00 bits per heavy atom. The molecule has 21 heavy (non-hydrogen) atoms. The van der Waals surface area contributed by atoms with E-state index < -0.39 is 23.0 Å². The molecule has 5 N–H and O–H groups in total. The molecular weight excluding hydrogens is 343 g/mol. The van der Waals surface area contributed by atoms with Crippen LogP contribution in [0.15, 0.2) is 8.89 Å². The zero-order valence-electron chi connectivity index (χ0n) is 11.0. The molecule has 8 heteroatoms. The van der Waals surface area contributed by atoms with Crippen LogP contribution in [-0.4, -0.2) is 33.4 Å². The van der Waals surface area contributed by atoms with Crippen molar-refractivity contribution in [2.75, 3.05) is 0 Å². The first-order chi connectivity index (χ1) is 9.77. The van der Waals surface area contributed by atoms with Crippen LogP contribution in [0.25, 0.3) is 21.9 Å². The Balaban J connectivity index is 2.73. The minimum atomic E-state index is -0.867. The third kappa shape index (κ3) is 1.53. The van der Waals surface area contributed by atoms with E-state index >= 15 is 0 Å². The van der Waals surface area contributed by atoms with Gasteiger partial charge in [0.15, 0.2) is 11.3 Å². The molecule has 0 fully saturated rings. The maximum absolute atomic E-state index is 10.1. The van der Waals surface area contributed by atoms with E-state index in [1.165, 1.54) is 0 Å². The average Bonchev–Trinajstić information content (AvgIpc) is 2.87. The van der Waals surface area contributed by atoms with Crippen LogP contribution in [0.3, 0.4) is 0 Å². The van der Waals surface area contributed by atoms with Gasteiger partial charge in [0.25, 0.3) is 0 Å². The number of rotatable bonds is 0. The highest BCUT2D eigenvalue weighted by molar-refractivity contribution is 9.10. The van der Waals surface area contributed by atoms with Gasteiger partial charge < -0.3 is 29.9 Å². The molecule has 0 saturated heterocycles. The predicted molar refractivity (Wildman–Crippen MR) is 82.7 cm³/mol. The fourth-order valence-corrected chi connectivity index (χ4v) is 3.05. The molecule has 2 aromatic carbocycles. The fraction of sp³-hybridized carbons (Fsp3) is 0.0769. The van der Waals surface area contributed by atoms with Gasteiger partial charge in [-0.1, -0.05) is 0 Å². The molecule has 3 aromatic rings. The van der Waals surface area contributed by atoms with Crippen molar-refractivity contribution in [1.82, 2.24) is 0 Å². The summed E-state index contributed by atoms with van der Waals surface area (Å²) in [5.41, 5.74) is 1.33. The van der Waals surface area contributed by atoms with E-state index in [0.29, 0.717) is 22.0 Å². The molecule has 6 nitrogen and oxygen atoms in total. The molecule has 0 spiro atoms. The molecule has 1 heterocycles. The van der Waals surface area contributed by atoms with Crippen LogP contribution in [0.1, 0.15) is 5.56 Å². The normalized spacial score (nSPS) is 11.5. The van der Waals surface area contributed by atoms with Crippen LogP contribution in [0.4, 0.5) is 0 Å². The van der Waals surface area contributed by atoms with Crippen molar-refractivity contribution in [2.45, 2.75) is 6.92 Å². The van der Waals surface area contributed by atoms with E-state index in [2.05, 4.69) is 15.9 Å². The molecule has 0 aliphatic rings. The summed E-state index contributed by atoms with van der Waals surface area (Å²) in [4.78, 5) is 0. The monoisotopic (exact) mass is 352 g/mol. The standard InChI is InChI=1S/C13H10BBrO6/c1-2-5(14)12-3(6(15)7(2)16)4-8(17)9(18)10(19)11(20)13(4)21-12/h16-20H,14H2,1H3. The zero-order valence-corrected chi connectivity index (χ0v) is 12.6. The Kier molecular flexibility index (Phi) is 2.71. The molecule has 0 aliphatic carbocycles. The lowest BCUT2D eigenvalue weighted by Crippen LogP contribution is -2.08. The second-order valence-corrected chi connectivity index (χ2v) is 5.61. The summed E-state index contributed by atoms with van der Waals surface area (Å²) in [6.45, 7) is 1.69. The lowest BCUT2D eigenvalue weighted by molar-refractivity contribution is 0.348. The molecule has 0 saturated carbocycles. The topological polar surface area (TPSA) is 114 Å². The van der Waals surface area contributed by atoms with Crippen molar-refractivity contribution in [3.8, 4) is 28.7 Å². The second kappa shape index (κ2) is 4.14. The van der Waals surface area contributed by atoms with Gasteiger partial charge in [0.1, 0.15) is 19.2 Å². The van der Waals surface area contributed by atoms with Gasteiger partial charge in [-0.2, -0.15) is 0 Å². The van der Waals surface area contributed by atoms with E-state index in [4.69, 9.17) is 4.42 Å². The van der Waals surface area contributed by atoms with Crippen molar-refractivity contribution in [3.63, 3.8) is 0 Å². The van der Waals surface area contributed by atoms with Crippen molar-refractivity contribution < 1.29 is 29.9 Å². The van der Waals surface area contributed by atoms with Crippen LogP contribution in [0.2, 0.25) is 0 Å². The molecule has 1 aromatic heterocycles. The number of phenolic OH excluding ortho intramolecular Hbond substituents is 5. The van der Waals surface area contributed by atoms with Crippen LogP contribution in [0, 0.1) is 6.92 Å². The summed E-state index contributed by atoms with van der Waals surface area (Å²) < 4.78 is 5.79. The first-order valence-electron chi connectivity index (χ1n) is 5.97. The fourth-order valence-electron chi connectivity index (χ4n) is 2.38. The summed E-state index contributed by atoms with van der Waals surface area (Å²) in [6.07, 6.45) is 0. The number of aromatic hydroxyl groups is 5. The van der Waals surface area contributed by atoms with Gasteiger partial charge in [-0.05, 0) is 33.9 Å². The van der Waals surface area contributed by atoms with E-state index in [-0.39, 0.29) is 21.2 Å². The van der Waals surface area contributed by atoms with Gasteiger partial charge >= 0.3 is 0 Å². The highest BCUT2D eigenvalue weighted by atomic mass is 79.9. The van der Waals surface area contributed by atoms with Crippen LogP contribution >= 0.6 is 15.9 Å². The number of phenols is 5. The summed E-state index contributed by atoms with van der Waals surface area (Å²) in [6, 6.07) is 0. The van der Waals surface area contributed by atoms with Gasteiger partial charge in [0.2, 0.25) is 17.2 Å². The van der Waals surface area contributed by atoms with Crippen LogP contribution < -0.4 is 5.46 Å². The van der Waals surface area contributed by atoms with Crippen LogP contribution in [0.5, 0.6) is 28.7 Å². The van der Waals surface area contributed by atoms with Crippen molar-refractivity contribution in [3.05, 3.63) is 10.0 Å². The first kappa shape index (κ1) is 13.8. The third-order valence-corrected chi connectivity index (χ3v) is 4.49. The number of hydrogen-bond donors (Lipinski definition) is 5. The van der Waals surface area contributed by atoms with Crippen LogP contribution in [-0.2, 0) is 0 Å². The van der Waals surface area contributed by atoms with Crippen molar-refractivity contribution in [1.29, 1.82) is 0 Å². The second-order valence-electron chi connectivity index (χ2n) is 4.82. The van der Waals surface area contributed by atoms with Gasteiger partial charge in [0, 0.05) is 5.39 Å². The Bertz CT molecular complexity index is 856. The van der Waals surface area contributed by atoms with E-state index in [0.717, 1.165) is 0 Å². The Morgan fingerprint density at radius 1 is 0.810 bits per heavy atom. The molecule has 0 unspecified atom stereocenters. The largest absolute Gasteiger partial charge is 0.506 e. The maximum Gasteiger partial charge on any atom is 0.208 e. The Labute approximate surface area is 127 Å². The third-order valence-electron chi connectivity index (χ3n) is 3.72. The van der Waals surface area contributed by atoms with Gasteiger partial charge in [-0.25, -0.2) is 0 Å². The lowest BCUT2D eigenvalue weighted by Gasteiger charge is -2.08. The Morgan fingerprint density at radius 2 is 1.38 bits per heavy atom. The lowest BCUT2D eigenvalue weighted by atomic mass is 9.88. The maximum atomic E-state index is 10.1. The minimum Gasteiger partial charge on any atom is -0.506 e. The molecule has 0 amide bonds. The number of hydrogen-bond acceptors (Lipinski definition) is 6. The van der Waals surface area contributed by atoms with Gasteiger partial charge in [-0.3, -0.25) is 0 Å². The molecule has 3 rings (SSSR count). The number of furan rings is 1. The summed E-state index contributed by atoms with van der Waals surface area (Å²) >= 11 is 3.22. The van der Waals surface area contributed by atoms with E-state index in [9.17, 15) is 25.5 Å². The van der Waals surface area contributed by atoms with Gasteiger partial charge in [0.05, 0.1) is 9.86 Å². The molecule has 0 aliphatic heterocycles. The molecule has 108 valence electrons. The molecular formula is C13H10BBrO6. The molecule has 0 atom stereocenters. The summed E-state index contributed by atoms with van der Waals surface area (Å²) in [5, 5.41) is 49.6.